The molecule has 5 nitrogen and oxygen atoms in total. The molecule has 6 rings (SSSR count). The molecular weight excluding hydrogens is 502 g/mol. The molecule has 0 aliphatic carbocycles. The summed E-state index contributed by atoms with van der Waals surface area (Å²) >= 11 is 0. The van der Waals surface area contributed by atoms with Crippen molar-refractivity contribution in [2.75, 3.05) is 38.0 Å². The van der Waals surface area contributed by atoms with Crippen LogP contribution in [0.2, 0.25) is 0 Å². The first-order valence-electron chi connectivity index (χ1n) is 13.7. The molecule has 0 amide bonds. The molecule has 0 saturated heterocycles. The van der Waals surface area contributed by atoms with Crippen molar-refractivity contribution in [2.45, 2.75) is 0 Å². The van der Waals surface area contributed by atoms with Crippen LogP contribution in [-0.4, -0.2) is 44.7 Å². The van der Waals surface area contributed by atoms with Gasteiger partial charge in [-0.3, -0.25) is 0 Å². The highest BCUT2D eigenvalue weighted by Gasteiger charge is 2.21. The average Bonchev–Trinajstić information content (AvgIpc) is 3.63. The van der Waals surface area contributed by atoms with E-state index in [4.69, 9.17) is 9.98 Å². The third-order valence-corrected chi connectivity index (χ3v) is 7.31. The van der Waals surface area contributed by atoms with Gasteiger partial charge in [0.2, 0.25) is 0 Å². The van der Waals surface area contributed by atoms with Gasteiger partial charge in [0.05, 0.1) is 5.71 Å². The Morgan fingerprint density at radius 1 is 0.585 bits per heavy atom. The monoisotopic (exact) mass is 535 g/mol. The molecule has 0 atom stereocenters. The molecule has 0 bridgehead atoms. The van der Waals surface area contributed by atoms with Gasteiger partial charge in [-0.25, -0.2) is 9.98 Å². The van der Waals surface area contributed by atoms with Gasteiger partial charge in [0.1, 0.15) is 5.82 Å². The zero-order valence-electron chi connectivity index (χ0n) is 23.8. The first-order valence-corrected chi connectivity index (χ1v) is 13.7. The molecule has 1 aliphatic heterocycles. The molecule has 41 heavy (non-hydrogen) atoms. The maximum Gasteiger partial charge on any atom is 0.162 e. The van der Waals surface area contributed by atoms with Crippen LogP contribution in [0.3, 0.4) is 0 Å². The van der Waals surface area contributed by atoms with E-state index in [-0.39, 0.29) is 0 Å². The molecule has 0 spiro atoms. The Morgan fingerprint density at radius 3 is 1.68 bits per heavy atom. The molecule has 2 heterocycles. The molecule has 1 aliphatic rings. The summed E-state index contributed by atoms with van der Waals surface area (Å²) in [7, 11) is 8.21. The first kappa shape index (κ1) is 26.1. The van der Waals surface area contributed by atoms with E-state index in [9.17, 15) is 0 Å². The van der Waals surface area contributed by atoms with Crippen molar-refractivity contribution in [2.24, 2.45) is 9.98 Å². The summed E-state index contributed by atoms with van der Waals surface area (Å²) < 4.78 is 0. The van der Waals surface area contributed by atoms with Gasteiger partial charge >= 0.3 is 0 Å². The Hall–Kier alpha value is -5.16. The topological polar surface area (TPSA) is 47.0 Å². The predicted octanol–water partition coefficient (Wildman–Crippen LogP) is 8.10. The minimum Gasteiger partial charge on any atom is -0.378 e. The number of H-pyrrole nitrogens is 1. The Bertz CT molecular complexity index is 1740. The zero-order chi connectivity index (χ0) is 28.3. The number of nitrogens with one attached hydrogen (secondary N) is 1. The lowest BCUT2D eigenvalue weighted by Gasteiger charge is -2.13. The van der Waals surface area contributed by atoms with Crippen LogP contribution >= 0.6 is 0 Å². The number of amidine groups is 1. The predicted molar refractivity (Wildman–Crippen MR) is 175 cm³/mol. The van der Waals surface area contributed by atoms with Crippen LogP contribution in [0, 0.1) is 0 Å². The van der Waals surface area contributed by atoms with Gasteiger partial charge in [0.15, 0.2) is 5.84 Å². The fourth-order valence-electron chi connectivity index (χ4n) is 4.97. The second-order valence-corrected chi connectivity index (χ2v) is 10.6. The maximum atomic E-state index is 5.21. The Labute approximate surface area is 241 Å². The summed E-state index contributed by atoms with van der Waals surface area (Å²) in [5.74, 6) is 1.47. The average molecular weight is 536 g/mol. The fourth-order valence-corrected chi connectivity index (χ4v) is 4.97. The van der Waals surface area contributed by atoms with Crippen molar-refractivity contribution < 1.29 is 0 Å². The largest absolute Gasteiger partial charge is 0.378 e. The van der Waals surface area contributed by atoms with E-state index >= 15 is 0 Å². The van der Waals surface area contributed by atoms with Gasteiger partial charge < -0.3 is 14.8 Å². The SMILES string of the molecule is CN(C)c1ccc(C2=CC(c3ccccc3)=N/C2=N\c2[nH]c(-c3ccccc3)cc2-c2ccc(N(C)C)cc2)cc1. The highest BCUT2D eigenvalue weighted by molar-refractivity contribution is 6.38. The minimum absolute atomic E-state index is 0.689. The maximum absolute atomic E-state index is 5.21. The van der Waals surface area contributed by atoms with E-state index in [2.05, 4.69) is 140 Å². The van der Waals surface area contributed by atoms with Crippen LogP contribution < -0.4 is 9.80 Å². The molecule has 0 saturated carbocycles. The molecular formula is C36H33N5. The second kappa shape index (κ2) is 11.1. The van der Waals surface area contributed by atoms with Crippen molar-refractivity contribution in [1.82, 2.24) is 4.98 Å². The molecule has 202 valence electrons. The van der Waals surface area contributed by atoms with Gasteiger partial charge in [-0.05, 0) is 53.1 Å². The van der Waals surface area contributed by atoms with E-state index < -0.39 is 0 Å². The Kier molecular flexibility index (Phi) is 7.09. The van der Waals surface area contributed by atoms with Crippen LogP contribution in [0.15, 0.2) is 131 Å². The summed E-state index contributed by atoms with van der Waals surface area (Å²) in [5, 5.41) is 0. The highest BCUT2D eigenvalue weighted by Crippen LogP contribution is 2.37. The summed E-state index contributed by atoms with van der Waals surface area (Å²) in [6, 6.07) is 40.0. The summed E-state index contributed by atoms with van der Waals surface area (Å²) in [6.07, 6.45) is 2.14. The smallest absolute Gasteiger partial charge is 0.162 e. The van der Waals surface area contributed by atoms with E-state index in [0.717, 1.165) is 62.0 Å². The highest BCUT2D eigenvalue weighted by atomic mass is 15.1. The van der Waals surface area contributed by atoms with Crippen molar-refractivity contribution in [3.63, 3.8) is 0 Å². The number of benzene rings is 4. The number of aromatic nitrogens is 1. The van der Waals surface area contributed by atoms with E-state index in [1.807, 2.05) is 24.3 Å². The molecule has 5 aromatic rings. The van der Waals surface area contributed by atoms with Gasteiger partial charge in [0.25, 0.3) is 0 Å². The first-order chi connectivity index (χ1) is 20.0. The zero-order valence-corrected chi connectivity index (χ0v) is 23.8. The van der Waals surface area contributed by atoms with Crippen molar-refractivity contribution in [1.29, 1.82) is 0 Å². The molecule has 0 radical (unpaired) electrons. The number of nitrogens with zero attached hydrogens (tertiary/aromatic N) is 4. The van der Waals surface area contributed by atoms with Gasteiger partial charge in [-0.2, -0.15) is 0 Å². The number of allylic oxidation sites excluding steroid dienone is 1. The number of hydrogen-bond donors (Lipinski definition) is 1. The van der Waals surface area contributed by atoms with Crippen LogP contribution in [0.5, 0.6) is 0 Å². The Morgan fingerprint density at radius 2 is 1.12 bits per heavy atom. The number of anilines is 2. The van der Waals surface area contributed by atoms with Crippen LogP contribution in [0.25, 0.3) is 28.0 Å². The lowest BCUT2D eigenvalue weighted by atomic mass is 10.0. The second-order valence-electron chi connectivity index (χ2n) is 10.6. The van der Waals surface area contributed by atoms with Crippen LogP contribution in [-0.2, 0) is 0 Å². The molecule has 5 heteroatoms. The fraction of sp³-hybridized carbons (Fsp3) is 0.111. The van der Waals surface area contributed by atoms with E-state index in [1.54, 1.807) is 0 Å². The van der Waals surface area contributed by atoms with E-state index in [0.29, 0.717) is 5.84 Å². The molecule has 1 N–H and O–H groups in total. The van der Waals surface area contributed by atoms with Crippen molar-refractivity contribution in [3.05, 3.63) is 132 Å². The van der Waals surface area contributed by atoms with E-state index in [1.165, 1.54) is 0 Å². The third-order valence-electron chi connectivity index (χ3n) is 7.31. The van der Waals surface area contributed by atoms with Crippen LogP contribution in [0.4, 0.5) is 17.2 Å². The minimum atomic E-state index is 0.689. The standard InChI is InChI=1S/C36H33N5/c1-40(2)29-19-15-25(16-20-29)31-23-33(27-11-7-5-8-12-27)37-35(31)39-36-32(26-17-21-30(22-18-26)41(3)4)24-34(38-36)28-13-9-6-10-14-28/h5-24,37H,1-4H3/b39-36-. The van der Waals surface area contributed by atoms with Gasteiger partial charge in [-0.15, -0.1) is 0 Å². The van der Waals surface area contributed by atoms with Crippen molar-refractivity contribution >= 4 is 34.3 Å². The number of rotatable bonds is 7. The van der Waals surface area contributed by atoms with Gasteiger partial charge in [0, 0.05) is 62.0 Å². The lowest BCUT2D eigenvalue weighted by Crippen LogP contribution is -2.08. The molecule has 0 unspecified atom stereocenters. The summed E-state index contributed by atoms with van der Waals surface area (Å²) in [5.41, 5.74) is 10.6. The number of hydrogen-bond acceptors (Lipinski definition) is 3. The Balaban J connectivity index is 1.49. The molecule has 0 fully saturated rings. The lowest BCUT2D eigenvalue weighted by molar-refractivity contribution is 1.13. The molecule has 4 aromatic carbocycles. The third kappa shape index (κ3) is 5.48. The van der Waals surface area contributed by atoms with Crippen molar-refractivity contribution in [3.8, 4) is 22.4 Å². The molecule has 1 aromatic heterocycles. The van der Waals surface area contributed by atoms with Crippen LogP contribution in [0.1, 0.15) is 11.1 Å². The summed E-state index contributed by atoms with van der Waals surface area (Å²) in [6.45, 7) is 0. The summed E-state index contributed by atoms with van der Waals surface area (Å²) in [4.78, 5) is 18.1. The number of aromatic amines is 1. The van der Waals surface area contributed by atoms with Gasteiger partial charge in [-0.1, -0.05) is 84.9 Å². The number of aliphatic imine (C=N–C) groups is 2. The quantitative estimate of drug-likeness (QED) is 0.229. The normalized spacial score (nSPS) is 13.7.